The zero-order valence-electron chi connectivity index (χ0n) is 14.0. The third-order valence-corrected chi connectivity index (χ3v) is 4.44. The van der Waals surface area contributed by atoms with Gasteiger partial charge in [0.1, 0.15) is 0 Å². The highest BCUT2D eigenvalue weighted by Crippen LogP contribution is 2.45. The van der Waals surface area contributed by atoms with Crippen LogP contribution in [0.5, 0.6) is 0 Å². The first-order chi connectivity index (χ1) is 10.9. The van der Waals surface area contributed by atoms with Gasteiger partial charge in [-0.2, -0.15) is 0 Å². The van der Waals surface area contributed by atoms with Gasteiger partial charge in [0.15, 0.2) is 0 Å². The second-order valence-electron chi connectivity index (χ2n) is 7.35. The Hall–Kier alpha value is -2.29. The number of carbonyl (C=O) groups is 1. The molecule has 3 heteroatoms. The summed E-state index contributed by atoms with van der Waals surface area (Å²) in [5.74, 6) is 0. The van der Waals surface area contributed by atoms with Crippen molar-refractivity contribution in [2.45, 2.75) is 44.6 Å². The van der Waals surface area contributed by atoms with Crippen LogP contribution in [0.15, 0.2) is 54.6 Å². The van der Waals surface area contributed by atoms with E-state index < -0.39 is 0 Å². The van der Waals surface area contributed by atoms with E-state index in [-0.39, 0.29) is 17.0 Å². The molecule has 23 heavy (non-hydrogen) atoms. The summed E-state index contributed by atoms with van der Waals surface area (Å²) >= 11 is 0. The molecule has 0 bridgehead atoms. The summed E-state index contributed by atoms with van der Waals surface area (Å²) in [4.78, 5) is 12.3. The van der Waals surface area contributed by atoms with Gasteiger partial charge in [0, 0.05) is 5.69 Å². The van der Waals surface area contributed by atoms with Gasteiger partial charge in [-0.3, -0.25) is 0 Å². The molecule has 2 aromatic rings. The lowest BCUT2D eigenvalue weighted by Gasteiger charge is -2.20. The Kier molecular flexibility index (Phi) is 3.88. The zero-order chi connectivity index (χ0) is 16.5. The fourth-order valence-corrected chi connectivity index (χ4v) is 2.80. The van der Waals surface area contributed by atoms with E-state index in [1.807, 2.05) is 30.3 Å². The van der Waals surface area contributed by atoms with Gasteiger partial charge in [-0.15, -0.1) is 0 Å². The SMILES string of the molecule is CC(C)(C)c1ccc(NC(=O)NC2(c3ccccc3)CC2)cc1. The standard InChI is InChI=1S/C20H24N2O/c1-19(2,3)15-9-11-17(12-10-15)21-18(23)22-20(13-14-20)16-7-5-4-6-8-16/h4-12H,13-14H2,1-3H3,(H2,21,22,23). The van der Waals surface area contributed by atoms with Crippen molar-refractivity contribution in [2.75, 3.05) is 5.32 Å². The number of amides is 2. The molecule has 3 rings (SSSR count). The lowest BCUT2D eigenvalue weighted by atomic mass is 9.87. The third-order valence-electron chi connectivity index (χ3n) is 4.44. The molecule has 120 valence electrons. The van der Waals surface area contributed by atoms with Crippen LogP contribution >= 0.6 is 0 Å². The van der Waals surface area contributed by atoms with Crippen LogP contribution in [0.1, 0.15) is 44.7 Å². The van der Waals surface area contributed by atoms with Crippen molar-refractivity contribution in [1.29, 1.82) is 0 Å². The molecule has 1 saturated carbocycles. The van der Waals surface area contributed by atoms with Crippen LogP contribution < -0.4 is 10.6 Å². The van der Waals surface area contributed by atoms with E-state index in [9.17, 15) is 4.79 Å². The zero-order valence-corrected chi connectivity index (χ0v) is 14.0. The van der Waals surface area contributed by atoms with Crippen molar-refractivity contribution >= 4 is 11.7 Å². The van der Waals surface area contributed by atoms with Crippen LogP contribution in [-0.2, 0) is 11.0 Å². The van der Waals surface area contributed by atoms with Gasteiger partial charge >= 0.3 is 6.03 Å². The van der Waals surface area contributed by atoms with Crippen LogP contribution in [0.3, 0.4) is 0 Å². The molecule has 3 nitrogen and oxygen atoms in total. The topological polar surface area (TPSA) is 41.1 Å². The van der Waals surface area contributed by atoms with E-state index in [2.05, 4.69) is 55.7 Å². The Labute approximate surface area is 138 Å². The highest BCUT2D eigenvalue weighted by molar-refractivity contribution is 5.90. The molecule has 1 aliphatic rings. The summed E-state index contributed by atoms with van der Waals surface area (Å²) in [7, 11) is 0. The lowest BCUT2D eigenvalue weighted by molar-refractivity contribution is 0.247. The van der Waals surface area contributed by atoms with E-state index in [4.69, 9.17) is 0 Å². The second-order valence-corrected chi connectivity index (χ2v) is 7.35. The van der Waals surface area contributed by atoms with Crippen LogP contribution in [0, 0.1) is 0 Å². The molecule has 0 aromatic heterocycles. The van der Waals surface area contributed by atoms with Crippen molar-refractivity contribution in [3.8, 4) is 0 Å². The van der Waals surface area contributed by atoms with Crippen molar-refractivity contribution in [3.05, 3.63) is 65.7 Å². The van der Waals surface area contributed by atoms with E-state index >= 15 is 0 Å². The lowest BCUT2D eigenvalue weighted by Crippen LogP contribution is -2.38. The number of benzene rings is 2. The first kappa shape index (κ1) is 15.6. The van der Waals surface area contributed by atoms with E-state index in [0.29, 0.717) is 0 Å². The maximum Gasteiger partial charge on any atom is 0.319 e. The van der Waals surface area contributed by atoms with Gasteiger partial charge in [0.05, 0.1) is 5.54 Å². The number of urea groups is 1. The van der Waals surface area contributed by atoms with Gasteiger partial charge < -0.3 is 10.6 Å². The number of hydrogen-bond donors (Lipinski definition) is 2. The number of rotatable bonds is 3. The average molecular weight is 308 g/mol. The molecule has 1 aliphatic carbocycles. The molecule has 0 atom stereocenters. The molecule has 0 aliphatic heterocycles. The molecule has 0 unspecified atom stereocenters. The summed E-state index contributed by atoms with van der Waals surface area (Å²) in [5.41, 5.74) is 3.19. The molecule has 0 heterocycles. The number of anilines is 1. The summed E-state index contributed by atoms with van der Waals surface area (Å²) in [6.07, 6.45) is 1.99. The number of hydrogen-bond acceptors (Lipinski definition) is 1. The molecule has 0 spiro atoms. The summed E-state index contributed by atoms with van der Waals surface area (Å²) in [5, 5.41) is 6.06. The minimum atomic E-state index is -0.184. The fraction of sp³-hybridized carbons (Fsp3) is 0.350. The average Bonchev–Trinajstić information content (AvgIpc) is 3.28. The monoisotopic (exact) mass is 308 g/mol. The predicted molar refractivity (Wildman–Crippen MR) is 94.7 cm³/mol. The summed E-state index contributed by atoms with van der Waals surface area (Å²) in [6, 6.07) is 18.1. The molecule has 0 radical (unpaired) electrons. The summed E-state index contributed by atoms with van der Waals surface area (Å²) in [6.45, 7) is 6.54. The molecule has 2 aromatic carbocycles. The third kappa shape index (κ3) is 3.55. The molecule has 1 fully saturated rings. The Morgan fingerprint density at radius 3 is 2.09 bits per heavy atom. The van der Waals surface area contributed by atoms with Gasteiger partial charge in [-0.25, -0.2) is 4.79 Å². The van der Waals surface area contributed by atoms with E-state index in [1.54, 1.807) is 0 Å². The Morgan fingerprint density at radius 2 is 1.57 bits per heavy atom. The van der Waals surface area contributed by atoms with Crippen LogP contribution in [-0.4, -0.2) is 6.03 Å². The second kappa shape index (κ2) is 5.73. The largest absolute Gasteiger partial charge is 0.328 e. The molecule has 2 amide bonds. The Bertz CT molecular complexity index is 680. The maximum absolute atomic E-state index is 12.3. The molecule has 0 saturated heterocycles. The minimum absolute atomic E-state index is 0.117. The van der Waals surface area contributed by atoms with Crippen LogP contribution in [0.25, 0.3) is 0 Å². The minimum Gasteiger partial charge on any atom is -0.328 e. The van der Waals surface area contributed by atoms with Gasteiger partial charge in [0.25, 0.3) is 0 Å². The van der Waals surface area contributed by atoms with Crippen LogP contribution in [0.4, 0.5) is 10.5 Å². The highest BCUT2D eigenvalue weighted by atomic mass is 16.2. The fourth-order valence-electron chi connectivity index (χ4n) is 2.80. The van der Waals surface area contributed by atoms with Crippen molar-refractivity contribution in [2.24, 2.45) is 0 Å². The van der Waals surface area contributed by atoms with Gasteiger partial charge in [0.2, 0.25) is 0 Å². The van der Waals surface area contributed by atoms with Crippen molar-refractivity contribution in [3.63, 3.8) is 0 Å². The van der Waals surface area contributed by atoms with E-state index in [1.165, 1.54) is 11.1 Å². The van der Waals surface area contributed by atoms with Crippen molar-refractivity contribution < 1.29 is 4.79 Å². The summed E-state index contributed by atoms with van der Waals surface area (Å²) < 4.78 is 0. The smallest absolute Gasteiger partial charge is 0.319 e. The quantitative estimate of drug-likeness (QED) is 0.840. The first-order valence-electron chi connectivity index (χ1n) is 8.14. The maximum atomic E-state index is 12.3. The van der Waals surface area contributed by atoms with E-state index in [0.717, 1.165) is 18.5 Å². The predicted octanol–water partition coefficient (Wildman–Crippen LogP) is 4.79. The normalized spacial score (nSPS) is 15.8. The molecule has 2 N–H and O–H groups in total. The van der Waals surface area contributed by atoms with Gasteiger partial charge in [-0.05, 0) is 41.5 Å². The molecular formula is C20H24N2O. The van der Waals surface area contributed by atoms with Crippen LogP contribution in [0.2, 0.25) is 0 Å². The molecular weight excluding hydrogens is 284 g/mol. The Balaban J connectivity index is 1.64. The number of nitrogens with one attached hydrogen (secondary N) is 2. The van der Waals surface area contributed by atoms with Gasteiger partial charge in [-0.1, -0.05) is 63.2 Å². The van der Waals surface area contributed by atoms with Crippen molar-refractivity contribution in [1.82, 2.24) is 5.32 Å². The first-order valence-corrected chi connectivity index (χ1v) is 8.14. The highest BCUT2D eigenvalue weighted by Gasteiger charge is 2.45. The Morgan fingerprint density at radius 1 is 0.957 bits per heavy atom. The number of carbonyl (C=O) groups excluding carboxylic acids is 1.